The van der Waals surface area contributed by atoms with Crippen molar-refractivity contribution in [2.75, 3.05) is 19.6 Å². The van der Waals surface area contributed by atoms with Crippen molar-refractivity contribution >= 4 is 27.3 Å². The fraction of sp³-hybridized carbons (Fsp3) is 0.389. The fourth-order valence-corrected chi connectivity index (χ4v) is 5.21. The molecule has 0 atom stereocenters. The third-order valence-corrected chi connectivity index (χ3v) is 7.31. The first kappa shape index (κ1) is 18.1. The van der Waals surface area contributed by atoms with E-state index in [-0.39, 0.29) is 11.8 Å². The van der Waals surface area contributed by atoms with Crippen LogP contribution in [0, 0.1) is 5.92 Å². The van der Waals surface area contributed by atoms with Gasteiger partial charge in [-0.2, -0.15) is 4.31 Å². The largest absolute Gasteiger partial charge is 0.355 e. The SMILES string of the molecule is O=C(NCCc1cccs1)C1CCN(S(=O)(=O)c2ccccc2)CC1. The normalized spacial score (nSPS) is 16.6. The molecule has 1 aliphatic heterocycles. The number of rotatable bonds is 6. The van der Waals surface area contributed by atoms with Crippen LogP contribution in [0.15, 0.2) is 52.7 Å². The second-order valence-electron chi connectivity index (χ2n) is 6.11. The smallest absolute Gasteiger partial charge is 0.243 e. The summed E-state index contributed by atoms with van der Waals surface area (Å²) in [6, 6.07) is 12.5. The molecule has 25 heavy (non-hydrogen) atoms. The number of hydrogen-bond acceptors (Lipinski definition) is 4. The van der Waals surface area contributed by atoms with Gasteiger partial charge >= 0.3 is 0 Å². The van der Waals surface area contributed by atoms with E-state index in [1.54, 1.807) is 41.7 Å². The summed E-state index contributed by atoms with van der Waals surface area (Å²) in [5, 5.41) is 5.00. The summed E-state index contributed by atoms with van der Waals surface area (Å²) < 4.78 is 26.7. The van der Waals surface area contributed by atoms with Crippen LogP contribution in [0.3, 0.4) is 0 Å². The Labute approximate surface area is 152 Å². The summed E-state index contributed by atoms with van der Waals surface area (Å²) in [7, 11) is -3.45. The molecular formula is C18H22N2O3S2. The Balaban J connectivity index is 1.49. The lowest BCUT2D eigenvalue weighted by molar-refractivity contribution is -0.126. The maximum atomic E-state index is 12.6. The number of hydrogen-bond donors (Lipinski definition) is 1. The third kappa shape index (κ3) is 4.48. The second kappa shape index (κ2) is 8.12. The molecule has 0 bridgehead atoms. The molecule has 1 aromatic carbocycles. The van der Waals surface area contributed by atoms with Gasteiger partial charge in [0.2, 0.25) is 15.9 Å². The van der Waals surface area contributed by atoms with E-state index in [0.717, 1.165) is 6.42 Å². The first-order valence-electron chi connectivity index (χ1n) is 8.42. The van der Waals surface area contributed by atoms with E-state index in [1.165, 1.54) is 9.18 Å². The van der Waals surface area contributed by atoms with Crippen molar-refractivity contribution in [1.82, 2.24) is 9.62 Å². The highest BCUT2D eigenvalue weighted by atomic mass is 32.2. The predicted octanol–water partition coefficient (Wildman–Crippen LogP) is 2.51. The average Bonchev–Trinajstić information content (AvgIpc) is 3.16. The van der Waals surface area contributed by atoms with Crippen molar-refractivity contribution in [1.29, 1.82) is 0 Å². The molecule has 0 radical (unpaired) electrons. The van der Waals surface area contributed by atoms with E-state index in [0.29, 0.717) is 37.4 Å². The van der Waals surface area contributed by atoms with Crippen molar-refractivity contribution in [3.63, 3.8) is 0 Å². The van der Waals surface area contributed by atoms with Gasteiger partial charge in [-0.1, -0.05) is 24.3 Å². The number of amides is 1. The van der Waals surface area contributed by atoms with Crippen LogP contribution in [0.5, 0.6) is 0 Å². The van der Waals surface area contributed by atoms with Crippen LogP contribution in [0.1, 0.15) is 17.7 Å². The summed E-state index contributed by atoms with van der Waals surface area (Å²) in [5.41, 5.74) is 0. The van der Waals surface area contributed by atoms with Gasteiger partial charge < -0.3 is 5.32 Å². The van der Waals surface area contributed by atoms with E-state index >= 15 is 0 Å². The highest BCUT2D eigenvalue weighted by Crippen LogP contribution is 2.23. The molecule has 1 saturated heterocycles. The van der Waals surface area contributed by atoms with E-state index in [9.17, 15) is 13.2 Å². The molecule has 134 valence electrons. The minimum absolute atomic E-state index is 0.0355. The molecular weight excluding hydrogens is 356 g/mol. The van der Waals surface area contributed by atoms with E-state index in [4.69, 9.17) is 0 Å². The quantitative estimate of drug-likeness (QED) is 0.840. The Kier molecular flexibility index (Phi) is 5.88. The van der Waals surface area contributed by atoms with Crippen molar-refractivity contribution in [2.24, 2.45) is 5.92 Å². The highest BCUT2D eigenvalue weighted by molar-refractivity contribution is 7.89. The Bertz CT molecular complexity index is 781. The van der Waals surface area contributed by atoms with Crippen molar-refractivity contribution in [2.45, 2.75) is 24.2 Å². The van der Waals surface area contributed by atoms with Crippen LogP contribution < -0.4 is 5.32 Å². The number of carbonyl (C=O) groups is 1. The third-order valence-electron chi connectivity index (χ3n) is 4.46. The van der Waals surface area contributed by atoms with Crippen molar-refractivity contribution in [3.05, 3.63) is 52.7 Å². The molecule has 2 aromatic rings. The molecule has 5 nitrogen and oxygen atoms in total. The molecule has 1 amide bonds. The van der Waals surface area contributed by atoms with Gasteiger partial charge in [0, 0.05) is 30.4 Å². The maximum absolute atomic E-state index is 12.6. The maximum Gasteiger partial charge on any atom is 0.243 e. The summed E-state index contributed by atoms with van der Waals surface area (Å²) in [5.74, 6) is -0.0705. The molecule has 2 heterocycles. The van der Waals surface area contributed by atoms with E-state index in [2.05, 4.69) is 11.4 Å². The average molecular weight is 379 g/mol. The van der Waals surface area contributed by atoms with Crippen LogP contribution >= 0.6 is 11.3 Å². The number of sulfonamides is 1. The Hall–Kier alpha value is -1.70. The minimum Gasteiger partial charge on any atom is -0.355 e. The molecule has 1 aromatic heterocycles. The number of benzene rings is 1. The predicted molar refractivity (Wildman–Crippen MR) is 99.0 cm³/mol. The topological polar surface area (TPSA) is 66.5 Å². The first-order chi connectivity index (χ1) is 12.1. The second-order valence-corrected chi connectivity index (χ2v) is 9.08. The molecule has 1 aliphatic rings. The fourth-order valence-electron chi connectivity index (χ4n) is 3.01. The van der Waals surface area contributed by atoms with E-state index < -0.39 is 10.0 Å². The lowest BCUT2D eigenvalue weighted by atomic mass is 9.97. The van der Waals surface area contributed by atoms with Crippen LogP contribution in [0.25, 0.3) is 0 Å². The lowest BCUT2D eigenvalue weighted by Gasteiger charge is -2.30. The van der Waals surface area contributed by atoms with Gasteiger partial charge in [0.25, 0.3) is 0 Å². The highest BCUT2D eigenvalue weighted by Gasteiger charge is 2.31. The van der Waals surface area contributed by atoms with Gasteiger partial charge in [-0.3, -0.25) is 4.79 Å². The molecule has 0 unspecified atom stereocenters. The number of nitrogens with one attached hydrogen (secondary N) is 1. The molecule has 1 N–H and O–H groups in total. The molecule has 1 fully saturated rings. The van der Waals surface area contributed by atoms with Crippen LogP contribution in [-0.4, -0.2) is 38.3 Å². The number of thiophene rings is 1. The monoisotopic (exact) mass is 378 g/mol. The lowest BCUT2D eigenvalue weighted by Crippen LogP contribution is -2.43. The zero-order chi connectivity index (χ0) is 17.7. The molecule has 0 aliphatic carbocycles. The number of carbonyl (C=O) groups excluding carboxylic acids is 1. The van der Waals surface area contributed by atoms with Gasteiger partial charge in [-0.05, 0) is 42.8 Å². The summed E-state index contributed by atoms with van der Waals surface area (Å²) in [4.78, 5) is 13.8. The van der Waals surface area contributed by atoms with Crippen LogP contribution in [0.2, 0.25) is 0 Å². The van der Waals surface area contributed by atoms with E-state index in [1.807, 2.05) is 11.4 Å². The summed E-state index contributed by atoms with van der Waals surface area (Å²) in [6.45, 7) is 1.41. The summed E-state index contributed by atoms with van der Waals surface area (Å²) in [6.07, 6.45) is 1.97. The molecule has 0 spiro atoms. The van der Waals surface area contributed by atoms with Gasteiger partial charge in [-0.15, -0.1) is 11.3 Å². The van der Waals surface area contributed by atoms with Gasteiger partial charge in [0.1, 0.15) is 0 Å². The van der Waals surface area contributed by atoms with Gasteiger partial charge in [0.15, 0.2) is 0 Å². The number of nitrogens with zero attached hydrogens (tertiary/aromatic N) is 1. The Morgan fingerprint density at radius 2 is 1.84 bits per heavy atom. The summed E-state index contributed by atoms with van der Waals surface area (Å²) >= 11 is 1.69. The molecule has 0 saturated carbocycles. The number of piperidine rings is 1. The van der Waals surface area contributed by atoms with Gasteiger partial charge in [0.05, 0.1) is 4.90 Å². The first-order valence-corrected chi connectivity index (χ1v) is 10.7. The Morgan fingerprint density at radius 3 is 2.48 bits per heavy atom. The van der Waals surface area contributed by atoms with Crippen LogP contribution in [-0.2, 0) is 21.2 Å². The standard InChI is InChI=1S/C18H22N2O3S2/c21-18(19-11-8-16-5-4-14-24-16)15-9-12-20(13-10-15)25(22,23)17-6-2-1-3-7-17/h1-7,14-15H,8-13H2,(H,19,21). The zero-order valence-electron chi connectivity index (χ0n) is 13.9. The van der Waals surface area contributed by atoms with Crippen LogP contribution in [0.4, 0.5) is 0 Å². The minimum atomic E-state index is -3.45. The zero-order valence-corrected chi connectivity index (χ0v) is 15.6. The Morgan fingerprint density at radius 1 is 1.12 bits per heavy atom. The molecule has 3 rings (SSSR count). The van der Waals surface area contributed by atoms with Crippen molar-refractivity contribution < 1.29 is 13.2 Å². The van der Waals surface area contributed by atoms with Crippen molar-refractivity contribution in [3.8, 4) is 0 Å². The molecule has 7 heteroatoms. The van der Waals surface area contributed by atoms with Gasteiger partial charge in [-0.25, -0.2) is 8.42 Å².